The highest BCUT2D eigenvalue weighted by Gasteiger charge is 2.30. The number of hydrogen-bond donors (Lipinski definition) is 3. The molecule has 2 rings (SSSR count). The molecule has 0 atom stereocenters. The molecule has 1 aromatic heterocycles. The van der Waals surface area contributed by atoms with Gasteiger partial charge in [0.1, 0.15) is 5.82 Å². The van der Waals surface area contributed by atoms with Gasteiger partial charge in [-0.25, -0.2) is 14.4 Å². The molecule has 0 radical (unpaired) electrons. The first-order valence-electron chi connectivity index (χ1n) is 8.23. The van der Waals surface area contributed by atoms with Crippen LogP contribution in [-0.4, -0.2) is 34.0 Å². The molecule has 0 spiro atoms. The van der Waals surface area contributed by atoms with Gasteiger partial charge in [-0.05, 0) is 30.5 Å². The Morgan fingerprint density at radius 3 is 2.48 bits per heavy atom. The summed E-state index contributed by atoms with van der Waals surface area (Å²) in [6.07, 6.45) is -4.86. The second-order valence-electron chi connectivity index (χ2n) is 6.57. The van der Waals surface area contributed by atoms with Crippen LogP contribution < -0.4 is 5.32 Å². The van der Waals surface area contributed by atoms with E-state index in [2.05, 4.69) is 15.3 Å². The smallest absolute Gasteiger partial charge is 0.393 e. The highest BCUT2D eigenvalue weighted by atomic mass is 19.4. The molecule has 0 fully saturated rings. The summed E-state index contributed by atoms with van der Waals surface area (Å²) in [5.41, 5.74) is 0.275. The van der Waals surface area contributed by atoms with Crippen molar-refractivity contribution in [1.82, 2.24) is 9.97 Å². The second-order valence-corrected chi connectivity index (χ2v) is 6.57. The first-order valence-corrected chi connectivity index (χ1v) is 8.23. The number of nitrogens with one attached hydrogen (secondary N) is 2. The third-order valence-corrected chi connectivity index (χ3v) is 3.76. The maximum atomic E-state index is 13.8. The molecular weight excluding hydrogens is 364 g/mol. The number of rotatable bonds is 6. The van der Waals surface area contributed by atoms with E-state index in [1.165, 1.54) is 0 Å². The van der Waals surface area contributed by atoms with Crippen LogP contribution in [0.5, 0.6) is 5.75 Å². The Balaban J connectivity index is 2.63. The van der Waals surface area contributed by atoms with Crippen LogP contribution >= 0.6 is 0 Å². The van der Waals surface area contributed by atoms with Crippen molar-refractivity contribution in [2.45, 2.75) is 33.4 Å². The number of aromatic hydroxyl groups is 1. The molecule has 0 bridgehead atoms. The van der Waals surface area contributed by atoms with Gasteiger partial charge in [-0.2, -0.15) is 13.2 Å². The Labute approximate surface area is 154 Å². The molecule has 146 valence electrons. The van der Waals surface area contributed by atoms with Gasteiger partial charge in [-0.15, -0.1) is 0 Å². The summed E-state index contributed by atoms with van der Waals surface area (Å²) in [7, 11) is 0. The number of hydrogen-bond acceptors (Lipinski definition) is 5. The van der Waals surface area contributed by atoms with E-state index >= 15 is 0 Å². The SMILES string of the molecule is Cc1nc(-c2cc(F)c(O)cc2CC(F)(F)F)nc(NCC(C)C)c1C=N. The average molecular weight is 384 g/mol. The van der Waals surface area contributed by atoms with Gasteiger partial charge in [0.15, 0.2) is 17.4 Å². The summed E-state index contributed by atoms with van der Waals surface area (Å²) >= 11 is 0. The lowest BCUT2D eigenvalue weighted by Gasteiger charge is -2.16. The van der Waals surface area contributed by atoms with Gasteiger partial charge in [0.2, 0.25) is 0 Å². The first kappa shape index (κ1) is 20.6. The molecule has 0 saturated heterocycles. The minimum atomic E-state index is -4.55. The number of aryl methyl sites for hydroxylation is 1. The van der Waals surface area contributed by atoms with Gasteiger partial charge >= 0.3 is 6.18 Å². The van der Waals surface area contributed by atoms with Gasteiger partial charge < -0.3 is 15.8 Å². The summed E-state index contributed by atoms with van der Waals surface area (Å²) in [6.45, 7) is 6.04. The van der Waals surface area contributed by atoms with Crippen molar-refractivity contribution in [3.05, 3.63) is 34.8 Å². The first-order chi connectivity index (χ1) is 12.5. The number of nitrogens with zero attached hydrogens (tertiary/aromatic N) is 2. The van der Waals surface area contributed by atoms with Crippen LogP contribution in [0.1, 0.15) is 30.7 Å². The van der Waals surface area contributed by atoms with E-state index in [-0.39, 0.29) is 28.7 Å². The monoisotopic (exact) mass is 384 g/mol. The van der Waals surface area contributed by atoms with E-state index in [1.807, 2.05) is 13.8 Å². The summed E-state index contributed by atoms with van der Waals surface area (Å²) in [4.78, 5) is 8.36. The van der Waals surface area contributed by atoms with Crippen molar-refractivity contribution in [2.24, 2.45) is 5.92 Å². The zero-order chi connectivity index (χ0) is 20.4. The summed E-state index contributed by atoms with van der Waals surface area (Å²) < 4.78 is 52.5. The van der Waals surface area contributed by atoms with Crippen LogP contribution in [0, 0.1) is 24.1 Å². The lowest BCUT2D eigenvalue weighted by atomic mass is 10.0. The van der Waals surface area contributed by atoms with Crippen LogP contribution in [0.3, 0.4) is 0 Å². The van der Waals surface area contributed by atoms with Crippen molar-refractivity contribution in [3.8, 4) is 17.1 Å². The van der Waals surface area contributed by atoms with Gasteiger partial charge in [0.25, 0.3) is 0 Å². The summed E-state index contributed by atoms with van der Waals surface area (Å²) in [5.74, 6) is -1.50. The second kappa shape index (κ2) is 7.89. The minimum Gasteiger partial charge on any atom is -0.505 e. The number of alkyl halides is 3. The van der Waals surface area contributed by atoms with Crippen molar-refractivity contribution in [2.75, 3.05) is 11.9 Å². The van der Waals surface area contributed by atoms with Crippen LogP contribution in [0.25, 0.3) is 11.4 Å². The third kappa shape index (κ3) is 5.15. The Morgan fingerprint density at radius 2 is 1.93 bits per heavy atom. The average Bonchev–Trinajstić information content (AvgIpc) is 2.54. The fraction of sp³-hybridized carbons (Fsp3) is 0.389. The highest BCUT2D eigenvalue weighted by Crippen LogP contribution is 2.33. The molecule has 9 heteroatoms. The molecular formula is C18H20F4N4O. The third-order valence-electron chi connectivity index (χ3n) is 3.76. The summed E-state index contributed by atoms with van der Waals surface area (Å²) in [5, 5.41) is 20.0. The summed E-state index contributed by atoms with van der Waals surface area (Å²) in [6, 6.07) is 1.53. The normalized spacial score (nSPS) is 11.7. The number of phenolic OH excluding ortho intramolecular Hbond substituents is 1. The lowest BCUT2D eigenvalue weighted by molar-refractivity contribution is -0.127. The van der Waals surface area contributed by atoms with Crippen LogP contribution in [0.2, 0.25) is 0 Å². The van der Waals surface area contributed by atoms with Gasteiger partial charge in [0.05, 0.1) is 17.7 Å². The molecule has 0 unspecified atom stereocenters. The molecule has 0 aliphatic carbocycles. The predicted molar refractivity (Wildman–Crippen MR) is 94.8 cm³/mol. The standard InChI is InChI=1S/C18H20F4N4O/c1-9(2)8-24-16-13(7-23)10(3)25-17(26-16)12-5-14(19)15(27)4-11(12)6-18(20,21)22/h4-5,7,9,23,27H,6,8H2,1-3H3,(H,24,25,26). The largest absolute Gasteiger partial charge is 0.505 e. The number of benzene rings is 1. The number of phenols is 1. The molecule has 1 aromatic carbocycles. The van der Waals surface area contributed by atoms with Crippen molar-refractivity contribution < 1.29 is 22.7 Å². The van der Waals surface area contributed by atoms with Crippen LogP contribution in [0.15, 0.2) is 12.1 Å². The molecule has 0 aliphatic rings. The highest BCUT2D eigenvalue weighted by molar-refractivity contribution is 5.86. The maximum absolute atomic E-state index is 13.8. The molecule has 5 nitrogen and oxygen atoms in total. The fourth-order valence-corrected chi connectivity index (χ4v) is 2.49. The van der Waals surface area contributed by atoms with Gasteiger partial charge in [-0.3, -0.25) is 0 Å². The van der Waals surface area contributed by atoms with E-state index in [0.29, 0.717) is 17.8 Å². The van der Waals surface area contributed by atoms with Crippen LogP contribution in [-0.2, 0) is 6.42 Å². The molecule has 0 amide bonds. The molecule has 2 aromatic rings. The van der Waals surface area contributed by atoms with Crippen molar-refractivity contribution >= 4 is 12.0 Å². The zero-order valence-corrected chi connectivity index (χ0v) is 15.1. The number of anilines is 1. The molecule has 0 aliphatic heterocycles. The fourth-order valence-electron chi connectivity index (χ4n) is 2.49. The Bertz CT molecular complexity index is 850. The van der Waals surface area contributed by atoms with E-state index in [4.69, 9.17) is 5.41 Å². The Morgan fingerprint density at radius 1 is 1.26 bits per heavy atom. The van der Waals surface area contributed by atoms with Crippen molar-refractivity contribution in [1.29, 1.82) is 5.41 Å². The van der Waals surface area contributed by atoms with Crippen molar-refractivity contribution in [3.63, 3.8) is 0 Å². The zero-order valence-electron chi connectivity index (χ0n) is 15.1. The quantitative estimate of drug-likeness (QED) is 0.507. The molecule has 3 N–H and O–H groups in total. The van der Waals surface area contributed by atoms with E-state index in [0.717, 1.165) is 18.3 Å². The predicted octanol–water partition coefficient (Wildman–Crippen LogP) is 4.47. The van der Waals surface area contributed by atoms with Gasteiger partial charge in [-0.1, -0.05) is 13.8 Å². The van der Waals surface area contributed by atoms with Gasteiger partial charge in [0, 0.05) is 18.3 Å². The van der Waals surface area contributed by atoms with E-state index in [1.54, 1.807) is 6.92 Å². The molecule has 1 heterocycles. The maximum Gasteiger partial charge on any atom is 0.393 e. The van der Waals surface area contributed by atoms with E-state index < -0.39 is 24.2 Å². The minimum absolute atomic E-state index is 0.109. The Kier molecular flexibility index (Phi) is 6.02. The topological polar surface area (TPSA) is 81.9 Å². The molecule has 27 heavy (non-hydrogen) atoms. The lowest BCUT2D eigenvalue weighted by Crippen LogP contribution is -2.15. The van der Waals surface area contributed by atoms with Crippen LogP contribution in [0.4, 0.5) is 23.4 Å². The number of aromatic nitrogens is 2. The van der Waals surface area contributed by atoms with E-state index in [9.17, 15) is 22.7 Å². The molecule has 0 saturated carbocycles. The Hall–Kier alpha value is -2.71. The number of halogens is 4.